The highest BCUT2D eigenvalue weighted by Gasteiger charge is 2.24. The molecule has 0 bridgehead atoms. The Morgan fingerprint density at radius 3 is 2.45 bits per heavy atom. The summed E-state index contributed by atoms with van der Waals surface area (Å²) in [5.74, 6) is -0.943. The van der Waals surface area contributed by atoms with Crippen molar-refractivity contribution in [2.45, 2.75) is 32.2 Å². The molecule has 10 heteroatoms. The average molecular weight is 564 g/mol. The molecule has 0 saturated carbocycles. The molecule has 0 aliphatic carbocycles. The zero-order valence-corrected chi connectivity index (χ0v) is 23.2. The molecule has 0 spiro atoms. The molecule has 4 rings (SSSR count). The molecule has 0 saturated heterocycles. The van der Waals surface area contributed by atoms with Crippen LogP contribution in [0.5, 0.6) is 11.6 Å². The van der Waals surface area contributed by atoms with Gasteiger partial charge in [-0.1, -0.05) is 50.2 Å². The number of ether oxygens (including phenoxy) is 2. The van der Waals surface area contributed by atoms with Gasteiger partial charge in [0.25, 0.3) is 15.9 Å². The fourth-order valence-corrected chi connectivity index (χ4v) is 4.73. The Morgan fingerprint density at radius 1 is 0.950 bits per heavy atom. The molecule has 1 amide bonds. The van der Waals surface area contributed by atoms with E-state index in [4.69, 9.17) is 9.47 Å². The highest BCUT2D eigenvalue weighted by atomic mass is 32.2. The predicted molar refractivity (Wildman–Crippen MR) is 149 cm³/mol. The summed E-state index contributed by atoms with van der Waals surface area (Å²) in [5.41, 5.74) is 2.13. The van der Waals surface area contributed by atoms with Gasteiger partial charge < -0.3 is 9.47 Å². The molecule has 1 N–H and O–H groups in total. The fraction of sp³-hybridized carbons (Fsp3) is 0.233. The number of amides is 1. The van der Waals surface area contributed by atoms with Crippen LogP contribution in [0, 0.1) is 18.7 Å². The van der Waals surface area contributed by atoms with Crippen molar-refractivity contribution in [2.75, 3.05) is 13.2 Å². The molecule has 2 heterocycles. The van der Waals surface area contributed by atoms with Gasteiger partial charge in [-0.25, -0.2) is 19.1 Å². The van der Waals surface area contributed by atoms with E-state index in [-0.39, 0.29) is 29.0 Å². The van der Waals surface area contributed by atoms with Crippen molar-refractivity contribution in [1.29, 1.82) is 0 Å². The number of nitrogens with one attached hydrogen (secondary N) is 1. The van der Waals surface area contributed by atoms with E-state index >= 15 is 0 Å². The summed E-state index contributed by atoms with van der Waals surface area (Å²) >= 11 is 0. The van der Waals surface area contributed by atoms with Gasteiger partial charge in [-0.3, -0.25) is 4.79 Å². The van der Waals surface area contributed by atoms with Crippen LogP contribution >= 0.6 is 0 Å². The Morgan fingerprint density at radius 2 is 1.73 bits per heavy atom. The normalized spacial score (nSPS) is 11.3. The number of halogens is 1. The fourth-order valence-electron chi connectivity index (χ4n) is 3.75. The van der Waals surface area contributed by atoms with Crippen LogP contribution < -0.4 is 14.2 Å². The Balaban J connectivity index is 1.65. The third kappa shape index (κ3) is 7.63. The number of hydrogen-bond donors (Lipinski definition) is 1. The monoisotopic (exact) mass is 563 g/mol. The van der Waals surface area contributed by atoms with Crippen LogP contribution in [0.4, 0.5) is 4.39 Å². The molecular weight excluding hydrogens is 533 g/mol. The summed E-state index contributed by atoms with van der Waals surface area (Å²) in [6, 6.07) is 21.2. The quantitative estimate of drug-likeness (QED) is 0.262. The van der Waals surface area contributed by atoms with Crippen molar-refractivity contribution in [3.8, 4) is 22.9 Å². The lowest BCUT2D eigenvalue weighted by molar-refractivity contribution is 0.0976. The Labute approximate surface area is 233 Å². The van der Waals surface area contributed by atoms with E-state index in [1.165, 1.54) is 36.4 Å². The highest BCUT2D eigenvalue weighted by Crippen LogP contribution is 2.28. The van der Waals surface area contributed by atoms with Gasteiger partial charge in [0.05, 0.1) is 18.9 Å². The van der Waals surface area contributed by atoms with E-state index in [1.54, 1.807) is 19.1 Å². The molecule has 8 nitrogen and oxygen atoms in total. The first-order valence-electron chi connectivity index (χ1n) is 12.7. The predicted octanol–water partition coefficient (Wildman–Crippen LogP) is 5.37. The van der Waals surface area contributed by atoms with E-state index in [9.17, 15) is 17.6 Å². The molecule has 0 radical (unpaired) electrons. The van der Waals surface area contributed by atoms with E-state index < -0.39 is 21.7 Å². The summed E-state index contributed by atoms with van der Waals surface area (Å²) in [6.45, 7) is 6.19. The topological polar surface area (TPSA) is 107 Å². The standard InChI is InChI=1S/C30H30FN3O5S/c1-20(2)19-39-25-17-23(16-24(31)18-25)27-13-12-26(30(33-27)38-15-14-22-9-5-4-6-10-22)29(35)34-40(36,37)28-11-7-8-21(3)32-28/h4-13,16-18,20H,14-15,19H2,1-3H3,(H,34,35). The van der Waals surface area contributed by atoms with E-state index in [1.807, 2.05) is 48.9 Å². The largest absolute Gasteiger partial charge is 0.493 e. The zero-order valence-electron chi connectivity index (χ0n) is 22.4. The van der Waals surface area contributed by atoms with Crippen molar-refractivity contribution in [2.24, 2.45) is 5.92 Å². The minimum Gasteiger partial charge on any atom is -0.493 e. The average Bonchev–Trinajstić information content (AvgIpc) is 2.92. The minimum atomic E-state index is -4.26. The van der Waals surface area contributed by atoms with E-state index in [2.05, 4.69) is 9.97 Å². The van der Waals surface area contributed by atoms with E-state index in [0.29, 0.717) is 35.7 Å². The van der Waals surface area contributed by atoms with Crippen LogP contribution in [0.15, 0.2) is 83.9 Å². The number of rotatable bonds is 11. The molecule has 0 atom stereocenters. The van der Waals surface area contributed by atoms with Crippen molar-refractivity contribution >= 4 is 15.9 Å². The number of hydrogen-bond acceptors (Lipinski definition) is 7. The number of carbonyl (C=O) groups is 1. The number of carbonyl (C=O) groups excluding carboxylic acids is 1. The van der Waals surface area contributed by atoms with Crippen LogP contribution in [0.2, 0.25) is 0 Å². The highest BCUT2D eigenvalue weighted by molar-refractivity contribution is 7.90. The van der Waals surface area contributed by atoms with Crippen LogP contribution in [0.3, 0.4) is 0 Å². The molecule has 208 valence electrons. The van der Waals surface area contributed by atoms with Crippen LogP contribution in [-0.2, 0) is 16.4 Å². The number of pyridine rings is 2. The van der Waals surface area contributed by atoms with Crippen LogP contribution in [0.25, 0.3) is 11.3 Å². The van der Waals surface area contributed by atoms with Gasteiger partial charge in [-0.2, -0.15) is 8.42 Å². The van der Waals surface area contributed by atoms with Crippen molar-refractivity contribution in [3.63, 3.8) is 0 Å². The van der Waals surface area contributed by atoms with Gasteiger partial charge in [0, 0.05) is 23.7 Å². The smallest absolute Gasteiger partial charge is 0.281 e. The van der Waals surface area contributed by atoms with Gasteiger partial charge in [-0.05, 0) is 54.8 Å². The molecule has 0 aliphatic heterocycles. The minimum absolute atomic E-state index is 0.0905. The lowest BCUT2D eigenvalue weighted by Crippen LogP contribution is -2.31. The third-order valence-corrected chi connectivity index (χ3v) is 6.92. The SMILES string of the molecule is Cc1cccc(S(=O)(=O)NC(=O)c2ccc(-c3cc(F)cc(OCC(C)C)c3)nc2OCCc2ccccc2)n1. The number of aromatic nitrogens is 2. The molecular formula is C30H30FN3O5S. The second-order valence-electron chi connectivity index (χ2n) is 9.57. The molecule has 40 heavy (non-hydrogen) atoms. The van der Waals surface area contributed by atoms with Gasteiger partial charge in [0.15, 0.2) is 5.03 Å². The maximum Gasteiger partial charge on any atom is 0.281 e. The van der Waals surface area contributed by atoms with Crippen molar-refractivity contribution < 1.29 is 27.1 Å². The van der Waals surface area contributed by atoms with Gasteiger partial charge >= 0.3 is 0 Å². The summed E-state index contributed by atoms with van der Waals surface area (Å²) in [7, 11) is -4.26. The zero-order chi connectivity index (χ0) is 28.7. The third-order valence-electron chi connectivity index (χ3n) is 5.69. The number of nitrogens with zero attached hydrogens (tertiary/aromatic N) is 2. The first-order chi connectivity index (χ1) is 19.1. The van der Waals surface area contributed by atoms with Crippen LogP contribution in [-0.4, -0.2) is 37.5 Å². The maximum atomic E-state index is 14.4. The number of aryl methyl sites for hydroxylation is 1. The Bertz CT molecular complexity index is 1590. The van der Waals surface area contributed by atoms with Crippen molar-refractivity contribution in [3.05, 3.63) is 102 Å². The second kappa shape index (κ2) is 12.7. The maximum absolute atomic E-state index is 14.4. The Hall–Kier alpha value is -4.31. The van der Waals surface area contributed by atoms with Crippen molar-refractivity contribution in [1.82, 2.24) is 14.7 Å². The number of sulfonamides is 1. The summed E-state index contributed by atoms with van der Waals surface area (Å²) in [5, 5.41) is -0.286. The lowest BCUT2D eigenvalue weighted by Gasteiger charge is -2.14. The summed E-state index contributed by atoms with van der Waals surface area (Å²) in [6.07, 6.45) is 0.520. The second-order valence-corrected chi connectivity index (χ2v) is 11.2. The molecule has 0 unspecified atom stereocenters. The summed E-state index contributed by atoms with van der Waals surface area (Å²) in [4.78, 5) is 21.6. The molecule has 4 aromatic rings. The molecule has 2 aromatic carbocycles. The lowest BCUT2D eigenvalue weighted by atomic mass is 10.1. The van der Waals surface area contributed by atoms with Gasteiger partial charge in [-0.15, -0.1) is 0 Å². The van der Waals surface area contributed by atoms with Gasteiger partial charge in [0.1, 0.15) is 17.1 Å². The molecule has 0 aliphatic rings. The number of benzene rings is 2. The molecule has 0 fully saturated rings. The molecule has 2 aromatic heterocycles. The van der Waals surface area contributed by atoms with Gasteiger partial charge in [0.2, 0.25) is 5.88 Å². The first-order valence-corrected chi connectivity index (χ1v) is 14.2. The summed E-state index contributed by atoms with van der Waals surface area (Å²) < 4.78 is 53.7. The Kier molecular flexibility index (Phi) is 9.11. The van der Waals surface area contributed by atoms with Crippen LogP contribution in [0.1, 0.15) is 35.5 Å². The van der Waals surface area contributed by atoms with E-state index in [0.717, 1.165) is 5.56 Å². The first kappa shape index (κ1) is 28.7.